The average molecular weight is 415 g/mol. The lowest BCUT2D eigenvalue weighted by atomic mass is 10.1. The number of benzene rings is 2. The molecule has 0 saturated carbocycles. The predicted octanol–water partition coefficient (Wildman–Crippen LogP) is 4.91. The second kappa shape index (κ2) is 11.6. The Morgan fingerprint density at radius 2 is 1.79 bits per heavy atom. The van der Waals surface area contributed by atoms with Crippen molar-refractivity contribution in [2.24, 2.45) is 0 Å². The van der Waals surface area contributed by atoms with Crippen LogP contribution >= 0.6 is 11.6 Å². The Morgan fingerprint density at radius 3 is 2.41 bits per heavy atom. The first kappa shape index (κ1) is 23.0. The zero-order valence-electron chi connectivity index (χ0n) is 17.6. The number of carbonyl (C=O) groups excluding carboxylic acids is 2. The SMILES string of the molecule is CCCCNC(=O)[C@H](CC)N(Cc1ccc(C)cc1)C(=O)Cc1cccc(Cl)c1. The Bertz CT molecular complexity index is 805. The summed E-state index contributed by atoms with van der Waals surface area (Å²) in [6.45, 7) is 7.09. The van der Waals surface area contributed by atoms with Crippen LogP contribution in [0.25, 0.3) is 0 Å². The van der Waals surface area contributed by atoms with Gasteiger partial charge in [0.15, 0.2) is 0 Å². The Morgan fingerprint density at radius 1 is 1.07 bits per heavy atom. The monoisotopic (exact) mass is 414 g/mol. The average Bonchev–Trinajstić information content (AvgIpc) is 2.69. The first-order valence-corrected chi connectivity index (χ1v) is 10.7. The molecule has 2 rings (SSSR count). The molecule has 1 N–H and O–H groups in total. The highest BCUT2D eigenvalue weighted by molar-refractivity contribution is 6.30. The third kappa shape index (κ3) is 7.21. The fourth-order valence-corrected chi connectivity index (χ4v) is 3.45. The second-order valence-electron chi connectivity index (χ2n) is 7.38. The number of aryl methyl sites for hydroxylation is 1. The lowest BCUT2D eigenvalue weighted by Gasteiger charge is -2.31. The zero-order valence-corrected chi connectivity index (χ0v) is 18.3. The molecule has 0 bridgehead atoms. The summed E-state index contributed by atoms with van der Waals surface area (Å²) in [7, 11) is 0. The van der Waals surface area contributed by atoms with E-state index in [1.54, 1.807) is 17.0 Å². The van der Waals surface area contributed by atoms with E-state index in [-0.39, 0.29) is 18.2 Å². The molecule has 0 saturated heterocycles. The van der Waals surface area contributed by atoms with E-state index in [1.165, 1.54) is 0 Å². The number of nitrogens with zero attached hydrogens (tertiary/aromatic N) is 1. The first-order chi connectivity index (χ1) is 13.9. The summed E-state index contributed by atoms with van der Waals surface area (Å²) in [4.78, 5) is 27.8. The molecule has 0 spiro atoms. The van der Waals surface area contributed by atoms with Crippen LogP contribution in [-0.4, -0.2) is 29.3 Å². The van der Waals surface area contributed by atoms with Gasteiger partial charge in [-0.2, -0.15) is 0 Å². The van der Waals surface area contributed by atoms with Gasteiger partial charge in [-0.05, 0) is 43.0 Å². The zero-order chi connectivity index (χ0) is 21.2. The highest BCUT2D eigenvalue weighted by Gasteiger charge is 2.28. The molecule has 0 aliphatic heterocycles. The second-order valence-corrected chi connectivity index (χ2v) is 7.82. The third-order valence-electron chi connectivity index (χ3n) is 4.93. The molecule has 0 fully saturated rings. The Kier molecular flexibility index (Phi) is 9.20. The minimum atomic E-state index is -0.500. The highest BCUT2D eigenvalue weighted by atomic mass is 35.5. The van der Waals surface area contributed by atoms with Crippen LogP contribution in [-0.2, 0) is 22.6 Å². The summed E-state index contributed by atoms with van der Waals surface area (Å²) in [5.41, 5.74) is 3.02. The van der Waals surface area contributed by atoms with E-state index in [1.807, 2.05) is 50.2 Å². The summed E-state index contributed by atoms with van der Waals surface area (Å²) in [5.74, 6) is -0.169. The van der Waals surface area contributed by atoms with E-state index in [0.717, 1.165) is 29.5 Å². The van der Waals surface area contributed by atoms with Gasteiger partial charge >= 0.3 is 0 Å². The van der Waals surface area contributed by atoms with E-state index in [9.17, 15) is 9.59 Å². The Balaban J connectivity index is 2.23. The molecule has 0 radical (unpaired) electrons. The van der Waals surface area contributed by atoms with Crippen LogP contribution in [0, 0.1) is 6.92 Å². The minimum Gasteiger partial charge on any atom is -0.354 e. The van der Waals surface area contributed by atoms with Gasteiger partial charge in [-0.25, -0.2) is 0 Å². The Hall–Kier alpha value is -2.33. The van der Waals surface area contributed by atoms with Gasteiger partial charge in [-0.3, -0.25) is 9.59 Å². The van der Waals surface area contributed by atoms with Crippen molar-refractivity contribution < 1.29 is 9.59 Å². The van der Waals surface area contributed by atoms with E-state index >= 15 is 0 Å². The van der Waals surface area contributed by atoms with Gasteiger partial charge < -0.3 is 10.2 Å². The number of nitrogens with one attached hydrogen (secondary N) is 1. The van der Waals surface area contributed by atoms with Gasteiger partial charge in [-0.15, -0.1) is 0 Å². The number of hydrogen-bond donors (Lipinski definition) is 1. The van der Waals surface area contributed by atoms with Gasteiger partial charge in [0.05, 0.1) is 6.42 Å². The molecule has 5 heteroatoms. The van der Waals surface area contributed by atoms with Gasteiger partial charge in [0.25, 0.3) is 0 Å². The maximum Gasteiger partial charge on any atom is 0.242 e. The van der Waals surface area contributed by atoms with Crippen LogP contribution < -0.4 is 5.32 Å². The van der Waals surface area contributed by atoms with E-state index in [4.69, 9.17) is 11.6 Å². The molecule has 4 nitrogen and oxygen atoms in total. The minimum absolute atomic E-state index is 0.0784. The van der Waals surface area contributed by atoms with Gasteiger partial charge in [0, 0.05) is 18.1 Å². The lowest BCUT2D eigenvalue weighted by molar-refractivity contribution is -0.140. The van der Waals surface area contributed by atoms with Gasteiger partial charge in [0.1, 0.15) is 6.04 Å². The van der Waals surface area contributed by atoms with Crippen LogP contribution in [0.15, 0.2) is 48.5 Å². The number of hydrogen-bond acceptors (Lipinski definition) is 2. The summed E-state index contributed by atoms with van der Waals surface area (Å²) in [5, 5.41) is 3.59. The maximum absolute atomic E-state index is 13.2. The molecular weight excluding hydrogens is 384 g/mol. The van der Waals surface area contributed by atoms with Gasteiger partial charge in [-0.1, -0.05) is 73.8 Å². The predicted molar refractivity (Wildman–Crippen MR) is 119 cm³/mol. The lowest BCUT2D eigenvalue weighted by Crippen LogP contribution is -2.49. The van der Waals surface area contributed by atoms with Crippen molar-refractivity contribution in [2.45, 2.75) is 59.0 Å². The molecule has 29 heavy (non-hydrogen) atoms. The van der Waals surface area contributed by atoms with Crippen molar-refractivity contribution in [1.82, 2.24) is 10.2 Å². The van der Waals surface area contributed by atoms with Crippen molar-refractivity contribution >= 4 is 23.4 Å². The number of amides is 2. The number of carbonyl (C=O) groups is 2. The van der Waals surface area contributed by atoms with E-state index in [0.29, 0.717) is 24.5 Å². The molecule has 2 aromatic rings. The Labute approximate surface area is 179 Å². The van der Waals surface area contributed by atoms with Crippen molar-refractivity contribution in [2.75, 3.05) is 6.54 Å². The normalized spacial score (nSPS) is 11.7. The molecule has 0 aliphatic rings. The third-order valence-corrected chi connectivity index (χ3v) is 5.17. The van der Waals surface area contributed by atoms with Crippen molar-refractivity contribution in [3.63, 3.8) is 0 Å². The number of rotatable bonds is 10. The molecule has 1 atom stereocenters. The fourth-order valence-electron chi connectivity index (χ4n) is 3.24. The molecule has 0 heterocycles. The fraction of sp³-hybridized carbons (Fsp3) is 0.417. The quantitative estimate of drug-likeness (QED) is 0.561. The largest absolute Gasteiger partial charge is 0.354 e. The summed E-state index contributed by atoms with van der Waals surface area (Å²) < 4.78 is 0. The summed E-state index contributed by atoms with van der Waals surface area (Å²) in [6, 6.07) is 14.9. The molecule has 0 aromatic heterocycles. The van der Waals surface area contributed by atoms with Crippen LogP contribution in [0.5, 0.6) is 0 Å². The molecule has 2 aromatic carbocycles. The van der Waals surface area contributed by atoms with Gasteiger partial charge in [0.2, 0.25) is 11.8 Å². The van der Waals surface area contributed by atoms with Crippen LogP contribution in [0.4, 0.5) is 0 Å². The standard InChI is InChI=1S/C24H31ClN2O2/c1-4-6-14-26-24(29)22(5-2)27(17-19-12-10-18(3)11-13-19)23(28)16-20-8-7-9-21(25)15-20/h7-13,15,22H,4-6,14,16-17H2,1-3H3,(H,26,29)/t22-/m0/s1. The summed E-state index contributed by atoms with van der Waals surface area (Å²) >= 11 is 6.07. The van der Waals surface area contributed by atoms with Crippen LogP contribution in [0.3, 0.4) is 0 Å². The molecule has 2 amide bonds. The topological polar surface area (TPSA) is 49.4 Å². The molecule has 156 valence electrons. The molecule has 0 aliphatic carbocycles. The van der Waals surface area contributed by atoms with E-state index < -0.39 is 6.04 Å². The molecular formula is C24H31ClN2O2. The van der Waals surface area contributed by atoms with Crippen molar-refractivity contribution in [1.29, 1.82) is 0 Å². The smallest absolute Gasteiger partial charge is 0.242 e. The van der Waals surface area contributed by atoms with Crippen LogP contribution in [0.2, 0.25) is 5.02 Å². The first-order valence-electron chi connectivity index (χ1n) is 10.3. The molecule has 0 unspecified atom stereocenters. The highest BCUT2D eigenvalue weighted by Crippen LogP contribution is 2.17. The number of unbranched alkanes of at least 4 members (excludes halogenated alkanes) is 1. The van der Waals surface area contributed by atoms with Crippen molar-refractivity contribution in [3.05, 3.63) is 70.2 Å². The maximum atomic E-state index is 13.2. The number of halogens is 1. The van der Waals surface area contributed by atoms with Crippen molar-refractivity contribution in [3.8, 4) is 0 Å². The van der Waals surface area contributed by atoms with E-state index in [2.05, 4.69) is 12.2 Å². The summed E-state index contributed by atoms with van der Waals surface area (Å²) in [6.07, 6.45) is 2.71. The van der Waals surface area contributed by atoms with Crippen LogP contribution in [0.1, 0.15) is 49.8 Å².